The molecule has 0 N–H and O–H groups in total. The van der Waals surface area contributed by atoms with E-state index in [0.29, 0.717) is 5.39 Å². The molecule has 0 fully saturated rings. The van der Waals surface area contributed by atoms with Gasteiger partial charge in [-0.1, -0.05) is 65.8 Å². The van der Waals surface area contributed by atoms with Crippen LogP contribution in [0, 0.1) is 0 Å². The SMILES string of the molecule is CC(C)(C)c1ccc2c(S(=O)(=O)[O-])cc(C(C)(C)C)cc2c1.[Na+]. The van der Waals surface area contributed by atoms with Crippen LogP contribution >= 0.6 is 0 Å². The molecule has 0 saturated heterocycles. The first-order chi connectivity index (χ1) is 9.80. The van der Waals surface area contributed by atoms with Crippen molar-refractivity contribution in [1.29, 1.82) is 0 Å². The minimum atomic E-state index is -4.51. The van der Waals surface area contributed by atoms with E-state index >= 15 is 0 Å². The van der Waals surface area contributed by atoms with E-state index in [9.17, 15) is 13.0 Å². The van der Waals surface area contributed by atoms with E-state index in [1.165, 1.54) is 6.07 Å². The molecule has 0 heterocycles. The maximum absolute atomic E-state index is 11.7. The normalized spacial score (nSPS) is 13.0. The van der Waals surface area contributed by atoms with Crippen molar-refractivity contribution in [2.45, 2.75) is 57.3 Å². The Kier molecular flexibility index (Phi) is 5.83. The van der Waals surface area contributed by atoms with E-state index in [4.69, 9.17) is 0 Å². The molecule has 0 aromatic heterocycles. The molecule has 0 saturated carbocycles. The van der Waals surface area contributed by atoms with Crippen LogP contribution in [0.15, 0.2) is 35.2 Å². The molecule has 2 aromatic carbocycles. The first-order valence-electron chi connectivity index (χ1n) is 7.35. The molecule has 5 heteroatoms. The van der Waals surface area contributed by atoms with Crippen molar-refractivity contribution in [2.75, 3.05) is 0 Å². The molecule has 0 radical (unpaired) electrons. The van der Waals surface area contributed by atoms with E-state index in [-0.39, 0.29) is 45.3 Å². The summed E-state index contributed by atoms with van der Waals surface area (Å²) in [5.74, 6) is 0. The van der Waals surface area contributed by atoms with Gasteiger partial charge in [-0.2, -0.15) is 0 Å². The number of hydrogen-bond acceptors (Lipinski definition) is 3. The number of fused-ring (bicyclic) bond motifs is 1. The molecule has 0 aliphatic carbocycles. The zero-order valence-corrected chi connectivity index (χ0v) is 17.8. The van der Waals surface area contributed by atoms with Gasteiger partial charge in [0.2, 0.25) is 0 Å². The van der Waals surface area contributed by atoms with E-state index < -0.39 is 10.1 Å². The van der Waals surface area contributed by atoms with Gasteiger partial charge in [0.1, 0.15) is 10.1 Å². The minimum Gasteiger partial charge on any atom is -0.744 e. The number of rotatable bonds is 1. The Hall–Kier alpha value is -0.390. The molecular weight excluding hydrogens is 319 g/mol. The molecule has 0 spiro atoms. The summed E-state index contributed by atoms with van der Waals surface area (Å²) in [7, 11) is -4.51. The van der Waals surface area contributed by atoms with Gasteiger partial charge in [-0.05, 0) is 38.8 Å². The molecule has 120 valence electrons. The summed E-state index contributed by atoms with van der Waals surface area (Å²) in [6.07, 6.45) is 0. The average molecular weight is 342 g/mol. The van der Waals surface area contributed by atoms with Crippen LogP contribution in [0.2, 0.25) is 0 Å². The van der Waals surface area contributed by atoms with Crippen molar-refractivity contribution in [1.82, 2.24) is 0 Å². The van der Waals surface area contributed by atoms with Crippen LogP contribution in [-0.4, -0.2) is 13.0 Å². The maximum Gasteiger partial charge on any atom is 1.00 e. The Labute approximate surface area is 161 Å². The minimum absolute atomic E-state index is 0. The Balaban J connectivity index is 0.00000264. The monoisotopic (exact) mass is 342 g/mol. The summed E-state index contributed by atoms with van der Waals surface area (Å²) >= 11 is 0. The molecule has 23 heavy (non-hydrogen) atoms. The molecule has 2 aromatic rings. The topological polar surface area (TPSA) is 57.2 Å². The van der Waals surface area contributed by atoms with Gasteiger partial charge in [0.15, 0.2) is 0 Å². The van der Waals surface area contributed by atoms with Gasteiger partial charge in [0.05, 0.1) is 4.90 Å². The van der Waals surface area contributed by atoms with Gasteiger partial charge in [-0.25, -0.2) is 8.42 Å². The van der Waals surface area contributed by atoms with E-state index in [0.717, 1.165) is 16.5 Å². The van der Waals surface area contributed by atoms with Crippen molar-refractivity contribution in [3.05, 3.63) is 41.5 Å². The molecule has 0 atom stereocenters. The fraction of sp³-hybridized carbons (Fsp3) is 0.444. The zero-order chi connectivity index (χ0) is 16.9. The molecule has 3 nitrogen and oxygen atoms in total. The average Bonchev–Trinajstić information content (AvgIpc) is 2.33. The fourth-order valence-electron chi connectivity index (χ4n) is 2.44. The Bertz CT molecular complexity index is 820. The summed E-state index contributed by atoms with van der Waals surface area (Å²) in [5, 5.41) is 1.30. The second-order valence-electron chi connectivity index (χ2n) is 7.86. The van der Waals surface area contributed by atoms with Gasteiger partial charge in [-0.3, -0.25) is 0 Å². The first kappa shape index (κ1) is 20.7. The standard InChI is InChI=1S/C18H24O3S.Na/c1-17(2,3)13-7-8-15-12(9-13)10-14(18(4,5)6)11-16(15)22(19,20)21;/h7-11H,1-6H3,(H,19,20,21);/q;+1/p-1. The zero-order valence-electron chi connectivity index (χ0n) is 15.0. The van der Waals surface area contributed by atoms with E-state index in [1.54, 1.807) is 6.07 Å². The summed E-state index contributed by atoms with van der Waals surface area (Å²) in [4.78, 5) is -0.129. The van der Waals surface area contributed by atoms with E-state index in [2.05, 4.69) is 20.8 Å². The predicted octanol–water partition coefficient (Wildman–Crippen LogP) is 1.34. The summed E-state index contributed by atoms with van der Waals surface area (Å²) in [6, 6.07) is 9.13. The molecule has 0 unspecified atom stereocenters. The maximum atomic E-state index is 11.7. The molecule has 0 bridgehead atoms. The fourth-order valence-corrected chi connectivity index (χ4v) is 3.17. The molecule has 2 rings (SSSR count). The van der Waals surface area contributed by atoms with Gasteiger partial charge in [-0.15, -0.1) is 0 Å². The van der Waals surface area contributed by atoms with Crippen molar-refractivity contribution in [2.24, 2.45) is 0 Å². The second-order valence-corrected chi connectivity index (χ2v) is 9.21. The van der Waals surface area contributed by atoms with Crippen LogP contribution < -0.4 is 29.6 Å². The van der Waals surface area contributed by atoms with Crippen LogP contribution in [0.3, 0.4) is 0 Å². The predicted molar refractivity (Wildman–Crippen MR) is 89.3 cm³/mol. The van der Waals surface area contributed by atoms with Crippen LogP contribution in [0.25, 0.3) is 10.8 Å². The van der Waals surface area contributed by atoms with Gasteiger partial charge < -0.3 is 4.55 Å². The third-order valence-corrected chi connectivity index (χ3v) is 4.79. The Morgan fingerprint density at radius 3 is 1.74 bits per heavy atom. The van der Waals surface area contributed by atoms with Gasteiger partial charge in [0, 0.05) is 0 Å². The smallest absolute Gasteiger partial charge is 0.744 e. The largest absolute Gasteiger partial charge is 1.00 e. The molecule has 0 aliphatic rings. The van der Waals surface area contributed by atoms with Crippen LogP contribution in [0.5, 0.6) is 0 Å². The summed E-state index contributed by atoms with van der Waals surface area (Å²) in [6.45, 7) is 12.3. The van der Waals surface area contributed by atoms with Crippen LogP contribution in [0.4, 0.5) is 0 Å². The van der Waals surface area contributed by atoms with Crippen molar-refractivity contribution < 1.29 is 42.5 Å². The van der Waals surface area contributed by atoms with Gasteiger partial charge in [0.25, 0.3) is 0 Å². The summed E-state index contributed by atoms with van der Waals surface area (Å²) in [5.41, 5.74) is 1.69. The first-order valence-corrected chi connectivity index (χ1v) is 8.76. The number of benzene rings is 2. The second kappa shape index (κ2) is 6.49. The molecule has 0 amide bonds. The third kappa shape index (κ3) is 4.58. The van der Waals surface area contributed by atoms with E-state index in [1.807, 2.05) is 39.0 Å². The number of hydrogen-bond donors (Lipinski definition) is 0. The van der Waals surface area contributed by atoms with Crippen molar-refractivity contribution >= 4 is 20.9 Å². The summed E-state index contributed by atoms with van der Waals surface area (Å²) < 4.78 is 35.0. The third-order valence-electron chi connectivity index (χ3n) is 3.92. The van der Waals surface area contributed by atoms with Crippen LogP contribution in [-0.2, 0) is 20.9 Å². The van der Waals surface area contributed by atoms with Crippen molar-refractivity contribution in [3.63, 3.8) is 0 Å². The Morgan fingerprint density at radius 2 is 1.30 bits per heavy atom. The van der Waals surface area contributed by atoms with Gasteiger partial charge >= 0.3 is 29.6 Å². The molecular formula is C18H23NaO3S. The van der Waals surface area contributed by atoms with Crippen molar-refractivity contribution in [3.8, 4) is 0 Å². The Morgan fingerprint density at radius 1 is 0.826 bits per heavy atom. The quantitative estimate of drug-likeness (QED) is 0.580. The molecule has 0 aliphatic heterocycles. The van der Waals surface area contributed by atoms with Crippen LogP contribution in [0.1, 0.15) is 52.7 Å².